The van der Waals surface area contributed by atoms with E-state index in [4.69, 9.17) is 97.0 Å². The molecule has 5 aliphatic heterocycles. The lowest BCUT2D eigenvalue weighted by atomic mass is 10.2. The molecule has 48 heteroatoms. The second kappa shape index (κ2) is 41.6. The van der Waals surface area contributed by atoms with Gasteiger partial charge in [-0.1, -0.05) is 36.4 Å². The lowest BCUT2D eigenvalue weighted by Crippen LogP contribution is -2.37. The number of fused-ring (bicyclic) bond motifs is 5. The van der Waals surface area contributed by atoms with Crippen LogP contribution in [0.25, 0.3) is 113 Å². The van der Waals surface area contributed by atoms with Crippen LogP contribution in [0, 0.1) is 23.5 Å². The smallest absolute Gasteiger partial charge is 0.228 e. The van der Waals surface area contributed by atoms with Gasteiger partial charge in [0.05, 0.1) is 185 Å². The highest BCUT2D eigenvalue weighted by Crippen LogP contribution is 2.42. The first kappa shape index (κ1) is 91.9. The maximum absolute atomic E-state index is 14.2. The van der Waals surface area contributed by atoms with Gasteiger partial charge < -0.3 is 104 Å². The number of methoxy groups -OCH3 is 1. The molecule has 46 nitrogen and oxygen atoms in total. The van der Waals surface area contributed by atoms with Crippen molar-refractivity contribution in [1.29, 1.82) is 0 Å². The van der Waals surface area contributed by atoms with E-state index in [0.29, 0.717) is 236 Å². The summed E-state index contributed by atoms with van der Waals surface area (Å²) in [5, 5.41) is 0. The molecule has 7 fully saturated rings. The van der Waals surface area contributed by atoms with Crippen LogP contribution in [0.15, 0.2) is 142 Å². The summed E-state index contributed by atoms with van der Waals surface area (Å²) < 4.78 is 71.0. The summed E-state index contributed by atoms with van der Waals surface area (Å²) >= 11 is 0. The zero-order chi connectivity index (χ0) is 95.7. The summed E-state index contributed by atoms with van der Waals surface area (Å²) in [7, 11) is 1.68. The summed E-state index contributed by atoms with van der Waals surface area (Å²) in [6.45, 7) is 20.1. The molecule has 720 valence electrons. The summed E-state index contributed by atoms with van der Waals surface area (Å²) in [6.07, 6.45) is 29.4. The Bertz CT molecular complexity index is 7110. The number of nitrogen functional groups attached to an aromatic ring is 5. The molecule has 15 aromatic heterocycles. The summed E-state index contributed by atoms with van der Waals surface area (Å²) in [6, 6.07) is 14.5. The fourth-order valence-electron chi connectivity index (χ4n) is 16.7. The van der Waals surface area contributed by atoms with Gasteiger partial charge in [0.25, 0.3) is 0 Å². The number of aromatic nitrogens is 30. The fourth-order valence-corrected chi connectivity index (χ4v) is 16.7. The summed E-state index contributed by atoms with van der Waals surface area (Å²) in [4.78, 5) is 124. The van der Waals surface area contributed by atoms with E-state index in [9.17, 15) is 8.78 Å². The van der Waals surface area contributed by atoms with E-state index in [1.807, 2.05) is 44.9 Å². The van der Waals surface area contributed by atoms with E-state index >= 15 is 0 Å². The minimum Gasteiger partial charge on any atom is -0.383 e. The molecule has 140 heavy (non-hydrogen) atoms. The Hall–Kier alpha value is -15.8. The summed E-state index contributed by atoms with van der Waals surface area (Å²) in [5.74, 6) is 5.03. The molecule has 24 rings (SSSR count). The standard InChI is InChI=1S/C20H18F2N8O.C20H20N8O.C18H22N8O.C17H22N8O2.C17H20N8O/c21-13-2-1-3-14(22)12(13)10-30-11-26-18-17(15-8-25-16(23)9-24-15)27-20(28-19(18)30)29-4-6-31-7-5-29;21-16-11-22-15(10-23-16)17-18-19(26-20(25-17)27-6-8-29-9-7-27)28(13-24-18)12-14-4-2-1-3-5-14;1-11(12-2-3-12)26-10-22-16-15(13-8-21-14(19)9-20-13)23-18(24-17(16)26)25-4-6-27-7-5-25;1-11(9-26-2)25-10-21-15-14(12-7-20-13(18)8-19-12)22-17(23-16(15)25)24-3-5-27-6-4-24;18-13-8-19-12(7-20-13)14-15-16(25(10-21-15)9-11-1-2-11)23-17(22-14)24-3-5-26-6-4-24/h1-3,8-9,11H,4-7,10H2,(H2,23,25);1-5,10-11,13H,6-9,12H2,(H2,21,23);8-12H,2-7H2,1H3,(H2,19,21);7-8,10-11H,3-6,9H2,1-2H3,(H2,18,20);7-8,10-11H,1-6,9H2,(H2,18,20). The molecule has 2 unspecified atom stereocenters. The quantitative estimate of drug-likeness (QED) is 0.0465. The van der Waals surface area contributed by atoms with Gasteiger partial charge in [0.15, 0.2) is 28.2 Å². The topological polar surface area (TPSA) is 549 Å². The number of imidazole rings is 5. The average molecular weight is 1900 g/mol. The van der Waals surface area contributed by atoms with E-state index < -0.39 is 11.6 Å². The van der Waals surface area contributed by atoms with Crippen LogP contribution in [0.5, 0.6) is 0 Å². The predicted molar refractivity (Wildman–Crippen MR) is 517 cm³/mol. The van der Waals surface area contributed by atoms with Crippen LogP contribution in [0.3, 0.4) is 0 Å². The first-order valence-corrected chi connectivity index (χ1v) is 46.2. The predicted octanol–water partition coefficient (Wildman–Crippen LogP) is 7.47. The number of halogens is 2. The lowest BCUT2D eigenvalue weighted by Gasteiger charge is -2.27. The average Bonchev–Trinajstić information content (AvgIpc) is 1.57. The van der Waals surface area contributed by atoms with Gasteiger partial charge in [0.1, 0.15) is 125 Å². The molecule has 2 saturated carbocycles. The van der Waals surface area contributed by atoms with E-state index in [-0.39, 0.29) is 24.0 Å². The Morgan fingerprint density at radius 3 is 0.971 bits per heavy atom. The molecule has 5 saturated heterocycles. The van der Waals surface area contributed by atoms with Gasteiger partial charge in [-0.2, -0.15) is 24.9 Å². The van der Waals surface area contributed by atoms with Crippen molar-refractivity contribution in [3.63, 3.8) is 0 Å². The van der Waals surface area contributed by atoms with Crippen molar-refractivity contribution in [2.24, 2.45) is 11.8 Å². The highest BCUT2D eigenvalue weighted by Gasteiger charge is 2.34. The molecule has 2 aliphatic carbocycles. The van der Waals surface area contributed by atoms with E-state index in [0.717, 1.165) is 98.4 Å². The summed E-state index contributed by atoms with van der Waals surface area (Å²) in [5.41, 5.74) is 42.6. The minimum absolute atomic E-state index is 0.0674. The number of benzene rings is 2. The molecular weight excluding hydrogens is 1800 g/mol. The number of nitrogens with two attached hydrogens (primary N) is 5. The lowest BCUT2D eigenvalue weighted by molar-refractivity contribution is 0.122. The van der Waals surface area contributed by atoms with Crippen LogP contribution in [0.1, 0.15) is 62.7 Å². The SMILES string of the molecule is CC(C1CC1)n1cnc2c(-c3cnc(N)cn3)nc(N3CCOCC3)nc21.COCC(C)n1cnc2c(-c3cnc(N)cn3)nc(N3CCOCC3)nc21.Nc1cnc(-c2nc(N3CCOCC3)nc3c2ncn3CC2CC2)cn1.Nc1cnc(-c2nc(N3CCOCC3)nc3c2ncn3Cc2c(F)cccc2F)cn1.Nc1cnc(-c2nc(N3CCOCC3)nc3c2ncn3Cc2ccccc2)cn1. The Balaban J connectivity index is 0.000000108. The van der Waals surface area contributed by atoms with Crippen LogP contribution in [-0.2, 0) is 48.1 Å². The monoisotopic (exact) mass is 1900 g/mol. The van der Waals surface area contributed by atoms with Gasteiger partial charge in [-0.15, -0.1) is 0 Å². The molecule has 0 amide bonds. The van der Waals surface area contributed by atoms with Gasteiger partial charge in [-0.25, -0.2) is 108 Å². The number of anilines is 10. The van der Waals surface area contributed by atoms with Crippen molar-refractivity contribution < 1.29 is 37.2 Å². The third kappa shape index (κ3) is 20.7. The number of hydrogen-bond donors (Lipinski definition) is 5. The highest BCUT2D eigenvalue weighted by molar-refractivity contribution is 5.91. The van der Waals surface area contributed by atoms with Crippen LogP contribution in [0.2, 0.25) is 0 Å². The van der Waals surface area contributed by atoms with Gasteiger partial charge in [-0.3, -0.25) is 0 Å². The number of rotatable bonds is 21. The second-order valence-corrected chi connectivity index (χ2v) is 34.3. The molecule has 2 atom stereocenters. The maximum Gasteiger partial charge on any atom is 0.228 e. The normalized spacial score (nSPS) is 16.2. The molecule has 7 aliphatic rings. The Labute approximate surface area is 798 Å². The minimum atomic E-state index is -0.631. The van der Waals surface area contributed by atoms with Crippen molar-refractivity contribution in [1.82, 2.24) is 147 Å². The first-order valence-electron chi connectivity index (χ1n) is 46.2. The van der Waals surface area contributed by atoms with Crippen LogP contribution >= 0.6 is 0 Å². The number of nitrogens with zero attached hydrogens (tertiary/aromatic N) is 35. The molecule has 0 radical (unpaired) electrons. The Morgan fingerprint density at radius 2 is 0.643 bits per heavy atom. The van der Waals surface area contributed by atoms with Crippen molar-refractivity contribution >= 4 is 115 Å². The van der Waals surface area contributed by atoms with Gasteiger partial charge in [-0.05, 0) is 69.1 Å². The van der Waals surface area contributed by atoms with Gasteiger partial charge in [0, 0.05) is 90.7 Å². The third-order valence-corrected chi connectivity index (χ3v) is 24.6. The van der Waals surface area contributed by atoms with Crippen LogP contribution in [0.4, 0.5) is 67.6 Å². The zero-order valence-corrected chi connectivity index (χ0v) is 77.1. The zero-order valence-electron chi connectivity index (χ0n) is 77.1. The van der Waals surface area contributed by atoms with E-state index in [1.54, 1.807) is 61.5 Å². The number of hydrogen-bond acceptors (Lipinski definition) is 41. The molecule has 2 aromatic carbocycles. The third-order valence-electron chi connectivity index (χ3n) is 24.6. The molecule has 17 aromatic rings. The molecule has 0 bridgehead atoms. The fraction of sp³-hybridized carbons (Fsp3) is 0.380. The Morgan fingerprint density at radius 1 is 0.336 bits per heavy atom. The van der Waals surface area contributed by atoms with E-state index in [1.165, 1.54) is 80.6 Å². The van der Waals surface area contributed by atoms with Crippen LogP contribution < -0.4 is 53.2 Å². The molecule has 0 spiro atoms. The number of morpholine rings is 5. The van der Waals surface area contributed by atoms with Gasteiger partial charge >= 0.3 is 0 Å². The van der Waals surface area contributed by atoms with Crippen molar-refractivity contribution in [2.75, 3.05) is 198 Å². The highest BCUT2D eigenvalue weighted by atomic mass is 19.1. The number of ether oxygens (including phenoxy) is 6. The molecule has 10 N–H and O–H groups in total. The van der Waals surface area contributed by atoms with Crippen molar-refractivity contribution in [3.8, 4) is 56.9 Å². The van der Waals surface area contributed by atoms with Crippen molar-refractivity contribution in [2.45, 2.75) is 71.2 Å². The second-order valence-electron chi connectivity index (χ2n) is 34.3. The first-order chi connectivity index (χ1) is 68.5. The van der Waals surface area contributed by atoms with Crippen molar-refractivity contribution in [3.05, 3.63) is 165 Å². The van der Waals surface area contributed by atoms with E-state index in [2.05, 4.69) is 139 Å². The molecular formula is C92H102F2N40O6. The molecule has 20 heterocycles. The Kier molecular flexibility index (Phi) is 27.3. The largest absolute Gasteiger partial charge is 0.383 e. The van der Waals surface area contributed by atoms with Crippen LogP contribution in [-0.4, -0.2) is 293 Å². The maximum atomic E-state index is 14.2. The van der Waals surface area contributed by atoms with Gasteiger partial charge in [0.2, 0.25) is 29.7 Å².